The highest BCUT2D eigenvalue weighted by Crippen LogP contribution is 2.22. The van der Waals surface area contributed by atoms with Crippen LogP contribution in [0.1, 0.15) is 36.8 Å². The first-order valence-corrected chi connectivity index (χ1v) is 9.92. The monoisotopic (exact) mass is 372 g/mol. The van der Waals surface area contributed by atoms with E-state index < -0.39 is 0 Å². The summed E-state index contributed by atoms with van der Waals surface area (Å²) in [6.07, 6.45) is 4.74. The standard InChI is InChI=1S/C22H24N6/c1-3-11-21(23-25-27-15-5-6-16-27)19(9-1)13-14-20-10-2-4-12-22(20)24-26-28-17-7-8-18-28/h1-4,9-12H,5-8,15-18H2. The minimum atomic E-state index is 0.790. The van der Waals surface area contributed by atoms with Crippen molar-refractivity contribution >= 4 is 11.4 Å². The van der Waals surface area contributed by atoms with Gasteiger partial charge in [0.05, 0.1) is 11.1 Å². The minimum absolute atomic E-state index is 0.790. The van der Waals surface area contributed by atoms with Crippen LogP contribution in [0.4, 0.5) is 11.4 Å². The summed E-state index contributed by atoms with van der Waals surface area (Å²) in [7, 11) is 0. The van der Waals surface area contributed by atoms with Crippen LogP contribution < -0.4 is 0 Å². The van der Waals surface area contributed by atoms with Crippen LogP contribution in [0.25, 0.3) is 0 Å². The molecule has 6 nitrogen and oxygen atoms in total. The molecule has 0 saturated carbocycles. The fourth-order valence-electron chi connectivity index (χ4n) is 3.27. The van der Waals surface area contributed by atoms with E-state index in [4.69, 9.17) is 0 Å². The molecule has 0 aliphatic carbocycles. The van der Waals surface area contributed by atoms with Gasteiger partial charge in [0.1, 0.15) is 11.4 Å². The molecule has 0 spiro atoms. The zero-order valence-corrected chi connectivity index (χ0v) is 16.0. The molecule has 2 fully saturated rings. The summed E-state index contributed by atoms with van der Waals surface area (Å²) in [6, 6.07) is 15.7. The average molecular weight is 372 g/mol. The first-order valence-electron chi connectivity index (χ1n) is 9.92. The zero-order valence-electron chi connectivity index (χ0n) is 16.0. The van der Waals surface area contributed by atoms with Crippen molar-refractivity contribution in [3.63, 3.8) is 0 Å². The average Bonchev–Trinajstić information content (AvgIpc) is 3.44. The number of nitrogens with zero attached hydrogens (tertiary/aromatic N) is 6. The van der Waals surface area contributed by atoms with Crippen molar-refractivity contribution in [3.05, 3.63) is 59.7 Å². The Bertz CT molecular complexity index is 838. The summed E-state index contributed by atoms with van der Waals surface area (Å²) < 4.78 is 0. The van der Waals surface area contributed by atoms with Gasteiger partial charge in [0.25, 0.3) is 0 Å². The Hall–Kier alpha value is -3.20. The molecule has 2 aliphatic heterocycles. The molecule has 0 atom stereocenters. The smallest absolute Gasteiger partial charge is 0.103 e. The van der Waals surface area contributed by atoms with E-state index >= 15 is 0 Å². The van der Waals surface area contributed by atoms with Gasteiger partial charge in [0, 0.05) is 26.2 Å². The summed E-state index contributed by atoms with van der Waals surface area (Å²) in [5, 5.41) is 21.6. The molecule has 28 heavy (non-hydrogen) atoms. The third-order valence-corrected chi connectivity index (χ3v) is 4.86. The van der Waals surface area contributed by atoms with Gasteiger partial charge in [0.2, 0.25) is 0 Å². The van der Waals surface area contributed by atoms with Gasteiger partial charge in [0.15, 0.2) is 0 Å². The predicted molar refractivity (Wildman–Crippen MR) is 110 cm³/mol. The van der Waals surface area contributed by atoms with E-state index in [0.717, 1.165) is 48.7 Å². The quantitative estimate of drug-likeness (QED) is 0.542. The van der Waals surface area contributed by atoms with Crippen LogP contribution in [0, 0.1) is 11.8 Å². The first-order chi connectivity index (χ1) is 13.9. The van der Waals surface area contributed by atoms with E-state index in [0.29, 0.717) is 0 Å². The van der Waals surface area contributed by atoms with Crippen LogP contribution in [0.5, 0.6) is 0 Å². The predicted octanol–water partition coefficient (Wildman–Crippen LogP) is 5.28. The lowest BCUT2D eigenvalue weighted by molar-refractivity contribution is 0.336. The lowest BCUT2D eigenvalue weighted by atomic mass is 10.1. The van der Waals surface area contributed by atoms with Crippen molar-refractivity contribution < 1.29 is 0 Å². The summed E-state index contributed by atoms with van der Waals surface area (Å²) in [6.45, 7) is 3.92. The van der Waals surface area contributed by atoms with Crippen LogP contribution in [-0.2, 0) is 0 Å². The van der Waals surface area contributed by atoms with Gasteiger partial charge >= 0.3 is 0 Å². The Morgan fingerprint density at radius 3 is 1.39 bits per heavy atom. The normalized spacial score (nSPS) is 16.9. The topological polar surface area (TPSA) is 55.9 Å². The SMILES string of the molecule is C(#Cc1ccccc1N=NN1CCCC1)c1ccccc1N=NN1CCCC1. The minimum Gasteiger partial charge on any atom is -0.278 e. The number of rotatable bonds is 4. The lowest BCUT2D eigenvalue weighted by Gasteiger charge is -2.07. The van der Waals surface area contributed by atoms with Gasteiger partial charge < -0.3 is 0 Å². The van der Waals surface area contributed by atoms with Crippen molar-refractivity contribution in [3.8, 4) is 11.8 Å². The highest BCUT2D eigenvalue weighted by molar-refractivity contribution is 5.60. The van der Waals surface area contributed by atoms with E-state index in [9.17, 15) is 0 Å². The molecule has 0 bridgehead atoms. The molecule has 0 amide bonds. The van der Waals surface area contributed by atoms with Gasteiger partial charge in [-0.05, 0) is 49.9 Å². The second-order valence-corrected chi connectivity index (χ2v) is 6.98. The Labute approximate surface area is 165 Å². The molecule has 2 heterocycles. The molecule has 2 aliphatic rings. The maximum Gasteiger partial charge on any atom is 0.103 e. The fourth-order valence-corrected chi connectivity index (χ4v) is 3.27. The Morgan fingerprint density at radius 2 is 0.964 bits per heavy atom. The number of hydrogen-bond acceptors (Lipinski definition) is 4. The molecule has 4 rings (SSSR count). The largest absolute Gasteiger partial charge is 0.278 e. The summed E-state index contributed by atoms with van der Waals surface area (Å²) in [5.74, 6) is 6.47. The molecule has 0 unspecified atom stereocenters. The van der Waals surface area contributed by atoms with Crippen LogP contribution in [0.2, 0.25) is 0 Å². The van der Waals surface area contributed by atoms with Crippen LogP contribution in [0.15, 0.2) is 69.2 Å². The second-order valence-electron chi connectivity index (χ2n) is 6.98. The molecular weight excluding hydrogens is 348 g/mol. The van der Waals surface area contributed by atoms with Gasteiger partial charge in [-0.2, -0.15) is 0 Å². The molecule has 0 N–H and O–H groups in total. The van der Waals surface area contributed by atoms with E-state index in [1.54, 1.807) is 0 Å². The van der Waals surface area contributed by atoms with Crippen molar-refractivity contribution in [2.24, 2.45) is 20.7 Å². The Morgan fingerprint density at radius 1 is 0.571 bits per heavy atom. The molecular formula is C22H24N6. The summed E-state index contributed by atoms with van der Waals surface area (Å²) >= 11 is 0. The van der Waals surface area contributed by atoms with E-state index in [2.05, 4.69) is 32.5 Å². The summed E-state index contributed by atoms with van der Waals surface area (Å²) in [4.78, 5) is 0. The number of benzene rings is 2. The highest BCUT2D eigenvalue weighted by Gasteiger charge is 2.10. The van der Waals surface area contributed by atoms with Gasteiger partial charge in [-0.3, -0.25) is 10.0 Å². The van der Waals surface area contributed by atoms with Gasteiger partial charge in [-0.15, -0.1) is 10.2 Å². The maximum atomic E-state index is 4.41. The molecule has 2 aromatic carbocycles. The Balaban J connectivity index is 1.54. The third kappa shape index (κ3) is 4.74. The highest BCUT2D eigenvalue weighted by atomic mass is 15.5. The fraction of sp³-hybridized carbons (Fsp3) is 0.364. The maximum absolute atomic E-state index is 4.41. The molecule has 0 radical (unpaired) electrons. The summed E-state index contributed by atoms with van der Waals surface area (Å²) in [5.41, 5.74) is 3.30. The molecule has 2 saturated heterocycles. The van der Waals surface area contributed by atoms with Crippen LogP contribution in [-0.4, -0.2) is 36.2 Å². The second kappa shape index (κ2) is 9.14. The van der Waals surface area contributed by atoms with Gasteiger partial charge in [-0.1, -0.05) is 46.6 Å². The van der Waals surface area contributed by atoms with Crippen molar-refractivity contribution in [1.82, 2.24) is 10.0 Å². The van der Waals surface area contributed by atoms with Gasteiger partial charge in [-0.25, -0.2) is 0 Å². The zero-order chi connectivity index (χ0) is 19.0. The molecule has 0 aromatic heterocycles. The van der Waals surface area contributed by atoms with E-state index in [1.807, 2.05) is 58.5 Å². The molecule has 142 valence electrons. The molecule has 2 aromatic rings. The van der Waals surface area contributed by atoms with Crippen LogP contribution in [0.3, 0.4) is 0 Å². The van der Waals surface area contributed by atoms with Crippen molar-refractivity contribution in [1.29, 1.82) is 0 Å². The lowest BCUT2D eigenvalue weighted by Crippen LogP contribution is -2.09. The van der Waals surface area contributed by atoms with E-state index in [-0.39, 0.29) is 0 Å². The first kappa shape index (κ1) is 18.2. The van der Waals surface area contributed by atoms with Crippen molar-refractivity contribution in [2.75, 3.05) is 26.2 Å². The van der Waals surface area contributed by atoms with E-state index in [1.165, 1.54) is 25.7 Å². The number of hydrogen-bond donors (Lipinski definition) is 0. The Kier molecular flexibility index (Phi) is 5.93. The van der Waals surface area contributed by atoms with Crippen molar-refractivity contribution in [2.45, 2.75) is 25.7 Å². The third-order valence-electron chi connectivity index (χ3n) is 4.86. The molecule has 6 heteroatoms. The van der Waals surface area contributed by atoms with Crippen LogP contribution >= 0.6 is 0 Å².